The zero-order chi connectivity index (χ0) is 15.5. The largest absolute Gasteiger partial charge is 0.481 e. The molecule has 120 valence electrons. The summed E-state index contributed by atoms with van der Waals surface area (Å²) in [5.41, 5.74) is 1.27. The minimum absolute atomic E-state index is 0.125. The predicted molar refractivity (Wildman–Crippen MR) is 91.3 cm³/mol. The van der Waals surface area contributed by atoms with Gasteiger partial charge in [0.05, 0.1) is 5.92 Å². The Bertz CT molecular complexity index is 529. The first-order valence-corrected chi connectivity index (χ1v) is 8.90. The van der Waals surface area contributed by atoms with Crippen molar-refractivity contribution in [2.24, 2.45) is 5.92 Å². The molecule has 0 bridgehead atoms. The highest BCUT2D eigenvalue weighted by Gasteiger charge is 2.29. The van der Waals surface area contributed by atoms with E-state index in [-0.39, 0.29) is 5.92 Å². The molecule has 1 saturated carbocycles. The van der Waals surface area contributed by atoms with Crippen molar-refractivity contribution in [3.63, 3.8) is 0 Å². The number of anilines is 1. The van der Waals surface area contributed by atoms with E-state index in [0.29, 0.717) is 12.1 Å². The van der Waals surface area contributed by atoms with Crippen molar-refractivity contribution in [3.05, 3.63) is 28.7 Å². The van der Waals surface area contributed by atoms with E-state index < -0.39 is 5.97 Å². The lowest BCUT2D eigenvalue weighted by Gasteiger charge is -2.29. The number of halogens is 1. The molecule has 1 aromatic rings. The van der Waals surface area contributed by atoms with Gasteiger partial charge in [0.15, 0.2) is 0 Å². The molecular formula is C17H23BrN2O2. The first-order valence-electron chi connectivity index (χ1n) is 8.11. The van der Waals surface area contributed by atoms with Crippen LogP contribution in [0.2, 0.25) is 0 Å². The van der Waals surface area contributed by atoms with Crippen LogP contribution in [0.15, 0.2) is 28.7 Å². The molecule has 0 radical (unpaired) electrons. The number of carboxylic acid groups (broad SMARTS) is 1. The van der Waals surface area contributed by atoms with Crippen molar-refractivity contribution in [2.75, 3.05) is 18.0 Å². The van der Waals surface area contributed by atoms with Crippen molar-refractivity contribution < 1.29 is 9.90 Å². The average molecular weight is 367 g/mol. The standard InChI is InChI=1S/C17H23BrN2O2/c18-13-2-1-3-16(10-13)20-9-8-15(11-20)19-14-6-4-12(5-7-14)17(21)22/h1-3,10,12,14-15,19H,4-9,11H2,(H,21,22). The van der Waals surface area contributed by atoms with Crippen molar-refractivity contribution in [2.45, 2.75) is 44.2 Å². The summed E-state index contributed by atoms with van der Waals surface area (Å²) in [6.07, 6.45) is 4.77. The molecule has 2 aliphatic rings. The third kappa shape index (κ3) is 3.82. The van der Waals surface area contributed by atoms with Crippen LogP contribution in [-0.4, -0.2) is 36.2 Å². The number of rotatable bonds is 4. The van der Waals surface area contributed by atoms with Crippen LogP contribution in [0.4, 0.5) is 5.69 Å². The Balaban J connectivity index is 1.48. The van der Waals surface area contributed by atoms with Gasteiger partial charge >= 0.3 is 5.97 Å². The molecule has 3 rings (SSSR count). The summed E-state index contributed by atoms with van der Waals surface area (Å²) in [4.78, 5) is 13.4. The highest BCUT2D eigenvalue weighted by Crippen LogP contribution is 2.27. The van der Waals surface area contributed by atoms with Gasteiger partial charge in [-0.1, -0.05) is 22.0 Å². The Labute approximate surface area is 140 Å². The minimum atomic E-state index is -0.625. The minimum Gasteiger partial charge on any atom is -0.481 e. The number of hydrogen-bond acceptors (Lipinski definition) is 3. The van der Waals surface area contributed by atoms with Gasteiger partial charge in [-0.05, 0) is 50.3 Å². The number of hydrogen-bond donors (Lipinski definition) is 2. The van der Waals surface area contributed by atoms with Crippen LogP contribution in [0.5, 0.6) is 0 Å². The monoisotopic (exact) mass is 366 g/mol. The summed E-state index contributed by atoms with van der Waals surface area (Å²) >= 11 is 3.53. The Morgan fingerprint density at radius 2 is 1.95 bits per heavy atom. The number of carboxylic acids is 1. The van der Waals surface area contributed by atoms with Crippen LogP contribution in [-0.2, 0) is 4.79 Å². The molecule has 22 heavy (non-hydrogen) atoms. The quantitative estimate of drug-likeness (QED) is 0.858. The molecule has 2 fully saturated rings. The fraction of sp³-hybridized carbons (Fsp3) is 0.588. The maximum absolute atomic E-state index is 11.0. The lowest BCUT2D eigenvalue weighted by atomic mass is 9.86. The maximum Gasteiger partial charge on any atom is 0.306 e. The van der Waals surface area contributed by atoms with Crippen LogP contribution in [0, 0.1) is 5.92 Å². The zero-order valence-electron chi connectivity index (χ0n) is 12.7. The molecule has 0 amide bonds. The van der Waals surface area contributed by atoms with E-state index in [1.54, 1.807) is 0 Å². The van der Waals surface area contributed by atoms with E-state index in [0.717, 1.165) is 49.7 Å². The van der Waals surface area contributed by atoms with Gasteiger partial charge in [0.25, 0.3) is 0 Å². The Morgan fingerprint density at radius 3 is 2.64 bits per heavy atom. The lowest BCUT2D eigenvalue weighted by molar-refractivity contribution is -0.142. The summed E-state index contributed by atoms with van der Waals surface area (Å²) < 4.78 is 1.12. The molecule has 2 N–H and O–H groups in total. The topological polar surface area (TPSA) is 52.6 Å². The predicted octanol–water partition coefficient (Wildman–Crippen LogP) is 3.26. The molecule has 5 heteroatoms. The lowest BCUT2D eigenvalue weighted by Crippen LogP contribution is -2.42. The molecule has 4 nitrogen and oxygen atoms in total. The second-order valence-electron chi connectivity index (χ2n) is 6.46. The van der Waals surface area contributed by atoms with Gasteiger partial charge in [-0.25, -0.2) is 0 Å². The SMILES string of the molecule is O=C(O)C1CCC(NC2CCN(c3cccc(Br)c3)C2)CC1. The van der Waals surface area contributed by atoms with Crippen LogP contribution in [0.3, 0.4) is 0 Å². The number of carbonyl (C=O) groups is 1. The van der Waals surface area contributed by atoms with Crippen LogP contribution < -0.4 is 10.2 Å². The van der Waals surface area contributed by atoms with Crippen molar-refractivity contribution >= 4 is 27.6 Å². The molecule has 0 spiro atoms. The molecule has 1 aliphatic carbocycles. The first kappa shape index (κ1) is 15.8. The molecule has 0 aromatic heterocycles. The number of benzene rings is 1. The summed E-state index contributed by atoms with van der Waals surface area (Å²) in [7, 11) is 0. The van der Waals surface area contributed by atoms with E-state index in [9.17, 15) is 4.79 Å². The van der Waals surface area contributed by atoms with Gasteiger partial charge in [-0.3, -0.25) is 4.79 Å². The number of nitrogens with one attached hydrogen (secondary N) is 1. The van der Waals surface area contributed by atoms with Crippen molar-refractivity contribution in [3.8, 4) is 0 Å². The van der Waals surface area contributed by atoms with Gasteiger partial charge in [0, 0.05) is 35.3 Å². The molecule has 1 atom stereocenters. The van der Waals surface area contributed by atoms with Gasteiger partial charge in [0.1, 0.15) is 0 Å². The molecule has 1 saturated heterocycles. The Kier molecular flexibility index (Phi) is 5.03. The second-order valence-corrected chi connectivity index (χ2v) is 7.38. The van der Waals surface area contributed by atoms with Gasteiger partial charge < -0.3 is 15.3 Å². The van der Waals surface area contributed by atoms with E-state index in [1.165, 1.54) is 5.69 Å². The highest BCUT2D eigenvalue weighted by atomic mass is 79.9. The molecule has 1 aliphatic heterocycles. The van der Waals surface area contributed by atoms with E-state index in [4.69, 9.17) is 5.11 Å². The van der Waals surface area contributed by atoms with E-state index in [2.05, 4.69) is 50.4 Å². The molecular weight excluding hydrogens is 344 g/mol. The summed E-state index contributed by atoms with van der Waals surface area (Å²) in [6.45, 7) is 2.12. The third-order valence-corrected chi connectivity index (χ3v) is 5.40. The third-order valence-electron chi connectivity index (χ3n) is 4.91. The summed E-state index contributed by atoms with van der Waals surface area (Å²) in [5, 5.41) is 12.8. The maximum atomic E-state index is 11.0. The van der Waals surface area contributed by atoms with E-state index in [1.807, 2.05) is 0 Å². The molecule has 1 heterocycles. The van der Waals surface area contributed by atoms with Gasteiger partial charge in [-0.2, -0.15) is 0 Å². The normalized spacial score (nSPS) is 28.8. The molecule has 1 unspecified atom stereocenters. The number of nitrogens with zero attached hydrogens (tertiary/aromatic N) is 1. The van der Waals surface area contributed by atoms with Crippen molar-refractivity contribution in [1.29, 1.82) is 0 Å². The smallest absolute Gasteiger partial charge is 0.306 e. The van der Waals surface area contributed by atoms with Crippen molar-refractivity contribution in [1.82, 2.24) is 5.32 Å². The fourth-order valence-electron chi connectivity index (χ4n) is 3.64. The number of aliphatic carboxylic acids is 1. The Hall–Kier alpha value is -1.07. The van der Waals surface area contributed by atoms with E-state index >= 15 is 0 Å². The van der Waals surface area contributed by atoms with Gasteiger partial charge in [-0.15, -0.1) is 0 Å². The summed E-state index contributed by atoms with van der Waals surface area (Å²) in [5.74, 6) is -0.750. The van der Waals surface area contributed by atoms with Crippen LogP contribution in [0.25, 0.3) is 0 Å². The second kappa shape index (κ2) is 7.01. The summed E-state index contributed by atoms with van der Waals surface area (Å²) in [6, 6.07) is 9.46. The van der Waals surface area contributed by atoms with Crippen LogP contribution >= 0.6 is 15.9 Å². The van der Waals surface area contributed by atoms with Crippen LogP contribution in [0.1, 0.15) is 32.1 Å². The first-order chi connectivity index (χ1) is 10.6. The highest BCUT2D eigenvalue weighted by molar-refractivity contribution is 9.10. The fourth-order valence-corrected chi connectivity index (χ4v) is 4.03. The molecule has 1 aromatic carbocycles. The van der Waals surface area contributed by atoms with Gasteiger partial charge in [0.2, 0.25) is 0 Å². The average Bonchev–Trinajstić information content (AvgIpc) is 2.96. The Morgan fingerprint density at radius 1 is 1.18 bits per heavy atom. The zero-order valence-corrected chi connectivity index (χ0v) is 14.3.